The number of hydrogen-bond donors (Lipinski definition) is 0. The van der Waals surface area contributed by atoms with Crippen molar-refractivity contribution in [1.29, 1.82) is 0 Å². The summed E-state index contributed by atoms with van der Waals surface area (Å²) >= 11 is 3.35. The van der Waals surface area contributed by atoms with Crippen molar-refractivity contribution in [3.63, 3.8) is 0 Å². The van der Waals surface area contributed by atoms with Crippen LogP contribution in [0.2, 0.25) is 5.32 Å². The van der Waals surface area contributed by atoms with E-state index >= 15 is 0 Å². The predicted octanol–water partition coefficient (Wildman–Crippen LogP) is 0.156. The molecule has 0 amide bonds. The molecule has 0 rings (SSSR count). The summed E-state index contributed by atoms with van der Waals surface area (Å²) in [6.07, 6.45) is 4.02. The summed E-state index contributed by atoms with van der Waals surface area (Å²) in [5, 5.41) is 1.17. The van der Waals surface area contributed by atoms with Crippen LogP contribution in [-0.2, 0) is 40.0 Å². The fourth-order valence-corrected chi connectivity index (χ4v) is 0.640. The van der Waals surface area contributed by atoms with E-state index < -0.39 is 0 Å². The molecule has 88 valence electrons. The normalized spacial score (nSPS) is 4.62. The van der Waals surface area contributed by atoms with Crippen LogP contribution in [0.3, 0.4) is 0 Å². The zero-order valence-electron chi connectivity index (χ0n) is 8.75. The molecule has 0 aliphatic rings. The maximum absolute atomic E-state index is 7.50. The summed E-state index contributed by atoms with van der Waals surface area (Å²) in [6, 6.07) is 0. The second-order valence-electron chi connectivity index (χ2n) is 1.40. The van der Waals surface area contributed by atoms with Gasteiger partial charge in [0.15, 0.2) is 0 Å². The Kier molecular flexibility index (Phi) is 634. The van der Waals surface area contributed by atoms with Gasteiger partial charge in [0.25, 0.3) is 33.9 Å². The molecule has 0 aromatic carbocycles. The van der Waals surface area contributed by atoms with Crippen LogP contribution in [0.15, 0.2) is 0 Å². The SMILES string of the molecule is CCCC[CH2][Mn].[C]=O.[C]=O.[C]=O.[C]=O.[C]=O. The van der Waals surface area contributed by atoms with Crippen LogP contribution in [-0.4, -0.2) is 33.9 Å². The molecule has 0 saturated carbocycles. The monoisotopic (exact) mass is 266 g/mol. The Hall–Kier alpha value is -1.13. The molecule has 0 spiro atoms. The van der Waals surface area contributed by atoms with Gasteiger partial charge in [0.05, 0.1) is 0 Å². The van der Waals surface area contributed by atoms with E-state index in [1.807, 2.05) is 0 Å². The van der Waals surface area contributed by atoms with E-state index in [0.29, 0.717) is 0 Å². The third-order valence-electron chi connectivity index (χ3n) is 0.737. The smallest absolute Gasteiger partial charge is 0.281 e. The topological polar surface area (TPSA) is 85.3 Å². The molecule has 0 atom stereocenters. The first-order chi connectivity index (χ1) is 7.91. The van der Waals surface area contributed by atoms with Crippen LogP contribution in [0, 0.1) is 0 Å². The van der Waals surface area contributed by atoms with Crippen LogP contribution in [0.5, 0.6) is 0 Å². The molecule has 0 bridgehead atoms. The summed E-state index contributed by atoms with van der Waals surface area (Å²) in [5.74, 6) is 0. The average molecular weight is 266 g/mol. The van der Waals surface area contributed by atoms with Crippen LogP contribution in [0.25, 0.3) is 0 Å². The van der Waals surface area contributed by atoms with Crippen molar-refractivity contribution < 1.29 is 40.0 Å². The van der Waals surface area contributed by atoms with Crippen LogP contribution in [0.4, 0.5) is 0 Å². The van der Waals surface area contributed by atoms with Gasteiger partial charge in [0.2, 0.25) is 0 Å². The Morgan fingerprint density at radius 3 is 1.00 bits per heavy atom. The van der Waals surface area contributed by atoms with E-state index in [4.69, 9.17) is 24.0 Å². The molecule has 0 aliphatic heterocycles. The molecule has 16 heavy (non-hydrogen) atoms. The Morgan fingerprint density at radius 1 is 0.688 bits per heavy atom. The van der Waals surface area contributed by atoms with Crippen molar-refractivity contribution in [2.45, 2.75) is 31.5 Å². The van der Waals surface area contributed by atoms with Gasteiger partial charge in [-0.15, -0.1) is 0 Å². The van der Waals surface area contributed by atoms with Gasteiger partial charge in [0.1, 0.15) is 0 Å². The quantitative estimate of drug-likeness (QED) is 0.536. The van der Waals surface area contributed by atoms with E-state index in [1.54, 1.807) is 0 Å². The number of carbonyl (C=O) groups excluding carboxylic acids is 5. The van der Waals surface area contributed by atoms with Crippen molar-refractivity contribution in [3.8, 4) is 0 Å². The van der Waals surface area contributed by atoms with Crippen molar-refractivity contribution >= 4 is 33.9 Å². The number of rotatable bonds is 3. The van der Waals surface area contributed by atoms with Crippen LogP contribution >= 0.6 is 0 Å². The summed E-state index contributed by atoms with van der Waals surface area (Å²) in [4.78, 5) is 37.5. The van der Waals surface area contributed by atoms with Gasteiger partial charge < -0.3 is 0 Å². The molecule has 10 radical (unpaired) electrons. The Labute approximate surface area is 106 Å². The molecule has 0 aromatic heterocycles. The van der Waals surface area contributed by atoms with Gasteiger partial charge in [-0.2, -0.15) is 0 Å². The fourth-order valence-electron chi connectivity index (χ4n) is 0.344. The number of unbranched alkanes of at least 4 members (excludes halogenated alkanes) is 2. The molecule has 0 saturated heterocycles. The Balaban J connectivity index is -0.0000000214. The Morgan fingerprint density at radius 2 is 0.938 bits per heavy atom. The van der Waals surface area contributed by atoms with E-state index in [9.17, 15) is 0 Å². The molecule has 0 aliphatic carbocycles. The number of hydrogen-bond acceptors (Lipinski definition) is 5. The summed E-state index contributed by atoms with van der Waals surface area (Å²) in [5.41, 5.74) is 0. The largest absolute Gasteiger partial charge is 0.281 e. The third-order valence-corrected chi connectivity index (χ3v) is 1.15. The standard InChI is InChI=1S/C5H11.5CO.Mn/c1-3-5-4-2;5*1-2;/h1,3-5H2,2H3;;;;;;. The zero-order chi connectivity index (χ0) is 14.8. The predicted molar refractivity (Wildman–Crippen MR) is 52.8 cm³/mol. The summed E-state index contributed by atoms with van der Waals surface area (Å²) in [6.45, 7) is 24.7. The van der Waals surface area contributed by atoms with Gasteiger partial charge in [0, 0.05) is 0 Å². The van der Waals surface area contributed by atoms with E-state index in [1.165, 1.54) is 24.6 Å². The molecule has 0 unspecified atom stereocenters. The van der Waals surface area contributed by atoms with E-state index in [-0.39, 0.29) is 0 Å². The third kappa shape index (κ3) is 519. The molecule has 0 fully saturated rings. The van der Waals surface area contributed by atoms with Gasteiger partial charge in [-0.25, -0.2) is 0 Å². The molecule has 0 N–H and O–H groups in total. The van der Waals surface area contributed by atoms with E-state index in [2.05, 4.69) is 56.9 Å². The maximum Gasteiger partial charge on any atom is 0.281 e. The molecule has 5 nitrogen and oxygen atoms in total. The van der Waals surface area contributed by atoms with Gasteiger partial charge in [-0.05, 0) is 0 Å². The molecule has 0 aromatic rings. The zero-order valence-corrected chi connectivity index (χ0v) is 9.93. The maximum atomic E-state index is 7.50. The summed E-state index contributed by atoms with van der Waals surface area (Å²) in [7, 11) is 0. The minimum atomic E-state index is 1.17. The van der Waals surface area contributed by atoms with Gasteiger partial charge in [-0.3, -0.25) is 24.0 Å². The van der Waals surface area contributed by atoms with Crippen molar-refractivity contribution in [2.75, 3.05) is 0 Å². The van der Waals surface area contributed by atoms with Crippen molar-refractivity contribution in [1.82, 2.24) is 0 Å². The molecular formula is C10H11MnO5. The van der Waals surface area contributed by atoms with Crippen molar-refractivity contribution in [2.24, 2.45) is 0 Å². The van der Waals surface area contributed by atoms with E-state index in [0.717, 1.165) is 0 Å². The van der Waals surface area contributed by atoms with Crippen LogP contribution in [0.1, 0.15) is 26.2 Å². The minimum Gasteiger partial charge on any atom is -0.281 e. The first-order valence-corrected chi connectivity index (χ1v) is 4.33. The molecular weight excluding hydrogens is 255 g/mol. The van der Waals surface area contributed by atoms with Gasteiger partial charge >= 0.3 is 47.5 Å². The minimum absolute atomic E-state index is 1.17. The summed E-state index contributed by atoms with van der Waals surface area (Å²) < 4.78 is 0. The first-order valence-electron chi connectivity index (χ1n) is 3.49. The second kappa shape index (κ2) is 279. The fraction of sp³-hybridized carbons (Fsp3) is 0.500. The Bertz CT molecular complexity index is 60.6. The second-order valence-corrected chi connectivity index (χ2v) is 1.99. The average Bonchev–Trinajstić information content (AvgIpc) is 2.47. The van der Waals surface area contributed by atoms with Crippen molar-refractivity contribution in [3.05, 3.63) is 0 Å². The molecule has 0 heterocycles. The first kappa shape index (κ1) is 36.4. The van der Waals surface area contributed by atoms with Crippen LogP contribution < -0.4 is 0 Å². The van der Waals surface area contributed by atoms with Gasteiger partial charge in [-0.1, -0.05) is 0 Å². The molecule has 6 heteroatoms.